The molecule has 0 aromatic heterocycles. The van der Waals surface area contributed by atoms with E-state index in [0.29, 0.717) is 23.5 Å². The van der Waals surface area contributed by atoms with E-state index in [1.54, 1.807) is 36.4 Å². The van der Waals surface area contributed by atoms with Gasteiger partial charge < -0.3 is 19.7 Å². The van der Waals surface area contributed by atoms with Crippen molar-refractivity contribution in [2.24, 2.45) is 5.92 Å². The van der Waals surface area contributed by atoms with Gasteiger partial charge in [-0.05, 0) is 42.3 Å². The van der Waals surface area contributed by atoms with Gasteiger partial charge in [-0.1, -0.05) is 12.1 Å². The summed E-state index contributed by atoms with van der Waals surface area (Å²) in [6.07, 6.45) is 3.56. The molecule has 0 aliphatic carbocycles. The Morgan fingerprint density at radius 2 is 1.78 bits per heavy atom. The van der Waals surface area contributed by atoms with Gasteiger partial charge in [0.1, 0.15) is 35.0 Å². The molecular weight excluding hydrogens is 296 g/mol. The SMILES string of the molecule is O=C1Oc2ccc(O)cc2/C=C\[C@H]2Oc3cc(O)ccc3C[C@@H]12. The highest BCUT2D eigenvalue weighted by Gasteiger charge is 2.36. The number of aromatic hydroxyl groups is 2. The van der Waals surface area contributed by atoms with Gasteiger partial charge in [-0.25, -0.2) is 0 Å². The summed E-state index contributed by atoms with van der Waals surface area (Å²) in [5.74, 6) is 0.381. The lowest BCUT2D eigenvalue weighted by Crippen LogP contribution is -2.39. The monoisotopic (exact) mass is 310 g/mol. The number of ether oxygens (including phenoxy) is 2. The van der Waals surface area contributed by atoms with Crippen molar-refractivity contribution in [3.8, 4) is 23.0 Å². The Hall–Kier alpha value is -2.95. The van der Waals surface area contributed by atoms with Crippen molar-refractivity contribution in [3.05, 3.63) is 53.6 Å². The molecule has 2 N–H and O–H groups in total. The Kier molecular flexibility index (Phi) is 3.01. The summed E-state index contributed by atoms with van der Waals surface area (Å²) in [5.41, 5.74) is 1.48. The molecule has 2 aromatic rings. The van der Waals surface area contributed by atoms with E-state index in [4.69, 9.17) is 9.47 Å². The first-order valence-corrected chi connectivity index (χ1v) is 7.31. The zero-order valence-corrected chi connectivity index (χ0v) is 12.1. The molecule has 0 radical (unpaired) electrons. The lowest BCUT2D eigenvalue weighted by Gasteiger charge is -2.31. The van der Waals surface area contributed by atoms with Crippen molar-refractivity contribution >= 4 is 12.0 Å². The average molecular weight is 310 g/mol. The summed E-state index contributed by atoms with van der Waals surface area (Å²) in [4.78, 5) is 12.5. The first kappa shape index (κ1) is 13.7. The van der Waals surface area contributed by atoms with Crippen molar-refractivity contribution < 1.29 is 24.5 Å². The van der Waals surface area contributed by atoms with E-state index in [2.05, 4.69) is 0 Å². The number of phenolic OH excluding ortho intramolecular Hbond substituents is 2. The van der Waals surface area contributed by atoms with Crippen molar-refractivity contribution in [1.82, 2.24) is 0 Å². The van der Waals surface area contributed by atoms with Crippen molar-refractivity contribution in [1.29, 1.82) is 0 Å². The molecule has 0 unspecified atom stereocenters. The van der Waals surface area contributed by atoms with Crippen LogP contribution in [0.4, 0.5) is 0 Å². The largest absolute Gasteiger partial charge is 0.508 e. The van der Waals surface area contributed by atoms with Crippen LogP contribution in [0.1, 0.15) is 11.1 Å². The number of esters is 1. The number of carbonyl (C=O) groups is 1. The van der Waals surface area contributed by atoms with Gasteiger partial charge in [-0.2, -0.15) is 0 Å². The summed E-state index contributed by atoms with van der Waals surface area (Å²) in [7, 11) is 0. The van der Waals surface area contributed by atoms with Crippen LogP contribution in [0.2, 0.25) is 0 Å². The summed E-state index contributed by atoms with van der Waals surface area (Å²) in [6, 6.07) is 9.45. The van der Waals surface area contributed by atoms with Gasteiger partial charge in [0.2, 0.25) is 0 Å². The van der Waals surface area contributed by atoms with Crippen LogP contribution >= 0.6 is 0 Å². The van der Waals surface area contributed by atoms with E-state index >= 15 is 0 Å². The Labute approximate surface area is 132 Å². The van der Waals surface area contributed by atoms with E-state index in [1.165, 1.54) is 12.1 Å². The van der Waals surface area contributed by atoms with E-state index in [0.717, 1.165) is 5.56 Å². The maximum absolute atomic E-state index is 12.5. The predicted octanol–water partition coefficient (Wildman–Crippen LogP) is 2.65. The maximum Gasteiger partial charge on any atom is 0.318 e. The molecule has 2 atom stereocenters. The number of rotatable bonds is 0. The van der Waals surface area contributed by atoms with Gasteiger partial charge in [0.05, 0.1) is 0 Å². The molecule has 0 spiro atoms. The molecule has 2 aliphatic heterocycles. The summed E-state index contributed by atoms with van der Waals surface area (Å²) in [6.45, 7) is 0. The van der Waals surface area contributed by atoms with Gasteiger partial charge in [-0.15, -0.1) is 0 Å². The molecule has 5 heteroatoms. The molecule has 2 heterocycles. The molecular formula is C18H14O5. The smallest absolute Gasteiger partial charge is 0.318 e. The second-order valence-electron chi connectivity index (χ2n) is 5.69. The fourth-order valence-corrected chi connectivity index (χ4v) is 2.94. The molecule has 0 amide bonds. The molecule has 0 bridgehead atoms. The zero-order valence-electron chi connectivity index (χ0n) is 12.1. The number of hydrogen-bond donors (Lipinski definition) is 2. The number of phenols is 2. The van der Waals surface area contributed by atoms with Crippen LogP contribution in [0.5, 0.6) is 23.0 Å². The van der Waals surface area contributed by atoms with E-state index in [9.17, 15) is 15.0 Å². The molecule has 2 aromatic carbocycles. The Morgan fingerprint density at radius 3 is 2.65 bits per heavy atom. The van der Waals surface area contributed by atoms with Crippen molar-refractivity contribution in [2.45, 2.75) is 12.5 Å². The van der Waals surface area contributed by atoms with Crippen molar-refractivity contribution in [3.63, 3.8) is 0 Å². The quantitative estimate of drug-likeness (QED) is 0.578. The van der Waals surface area contributed by atoms with Crippen LogP contribution in [0.25, 0.3) is 6.08 Å². The third-order valence-corrected chi connectivity index (χ3v) is 4.12. The van der Waals surface area contributed by atoms with Gasteiger partial charge in [0.25, 0.3) is 0 Å². The Morgan fingerprint density at radius 1 is 1.00 bits per heavy atom. The minimum Gasteiger partial charge on any atom is -0.508 e. The minimum absolute atomic E-state index is 0.0985. The zero-order chi connectivity index (χ0) is 16.0. The number of fused-ring (bicyclic) bond motifs is 3. The van der Waals surface area contributed by atoms with Crippen LogP contribution in [0.15, 0.2) is 42.5 Å². The van der Waals surface area contributed by atoms with Gasteiger partial charge in [-0.3, -0.25) is 4.79 Å². The molecule has 0 saturated heterocycles. The fourth-order valence-electron chi connectivity index (χ4n) is 2.94. The predicted molar refractivity (Wildman–Crippen MR) is 82.5 cm³/mol. The molecule has 4 rings (SSSR count). The molecule has 0 saturated carbocycles. The van der Waals surface area contributed by atoms with Gasteiger partial charge >= 0.3 is 5.97 Å². The highest BCUT2D eigenvalue weighted by atomic mass is 16.5. The fraction of sp³-hybridized carbons (Fsp3) is 0.167. The second kappa shape index (κ2) is 5.05. The number of hydrogen-bond acceptors (Lipinski definition) is 5. The number of carbonyl (C=O) groups excluding carboxylic acids is 1. The second-order valence-corrected chi connectivity index (χ2v) is 5.69. The average Bonchev–Trinajstić information content (AvgIpc) is 2.52. The summed E-state index contributed by atoms with van der Waals surface area (Å²) in [5, 5.41) is 19.2. The molecule has 0 fully saturated rings. The third-order valence-electron chi connectivity index (χ3n) is 4.12. The lowest BCUT2D eigenvalue weighted by atomic mass is 9.89. The molecule has 116 valence electrons. The standard InChI is InChI=1S/C18H14O5/c19-12-4-6-15-10(7-12)2-5-16-14(18(21)23-15)8-11-1-3-13(20)9-17(11)22-16/h1-7,9,14,16,19-20H,8H2/b5-2-/t14-,16-/m1/s1. The highest BCUT2D eigenvalue weighted by Crippen LogP contribution is 2.37. The molecule has 5 nitrogen and oxygen atoms in total. The summed E-state index contributed by atoms with van der Waals surface area (Å²) >= 11 is 0. The van der Waals surface area contributed by atoms with E-state index in [-0.39, 0.29) is 17.5 Å². The molecule has 2 aliphatic rings. The van der Waals surface area contributed by atoms with Crippen LogP contribution in [0, 0.1) is 5.92 Å². The van der Waals surface area contributed by atoms with E-state index in [1.807, 2.05) is 0 Å². The Bertz CT molecular complexity index is 824. The van der Waals surface area contributed by atoms with E-state index < -0.39 is 12.0 Å². The highest BCUT2D eigenvalue weighted by molar-refractivity contribution is 5.80. The summed E-state index contributed by atoms with van der Waals surface area (Å²) < 4.78 is 11.3. The molecule has 23 heavy (non-hydrogen) atoms. The van der Waals surface area contributed by atoms with Gasteiger partial charge in [0.15, 0.2) is 0 Å². The maximum atomic E-state index is 12.5. The third kappa shape index (κ3) is 2.40. The lowest BCUT2D eigenvalue weighted by molar-refractivity contribution is -0.141. The van der Waals surface area contributed by atoms with Crippen LogP contribution in [0.3, 0.4) is 0 Å². The van der Waals surface area contributed by atoms with Crippen LogP contribution in [-0.2, 0) is 11.2 Å². The normalized spacial score (nSPS) is 23.2. The first-order valence-electron chi connectivity index (χ1n) is 7.31. The van der Waals surface area contributed by atoms with Crippen LogP contribution in [-0.4, -0.2) is 22.3 Å². The van der Waals surface area contributed by atoms with Crippen molar-refractivity contribution in [2.75, 3.05) is 0 Å². The first-order chi connectivity index (χ1) is 11.1. The van der Waals surface area contributed by atoms with Gasteiger partial charge in [0, 0.05) is 11.6 Å². The number of benzene rings is 2. The van der Waals surface area contributed by atoms with Crippen LogP contribution < -0.4 is 9.47 Å². The minimum atomic E-state index is -0.479. The topological polar surface area (TPSA) is 76.0 Å². The Balaban J connectivity index is 1.75.